The van der Waals surface area contributed by atoms with E-state index in [0.29, 0.717) is 5.02 Å². The molecule has 0 atom stereocenters. The number of nitro groups is 1. The first-order valence-electron chi connectivity index (χ1n) is 9.35. The molecule has 3 aromatic rings. The molecule has 0 spiro atoms. The Kier molecular flexibility index (Phi) is 7.59. The third kappa shape index (κ3) is 5.64. The number of hydrogen-bond donors (Lipinski definition) is 3. The Labute approximate surface area is 197 Å². The highest BCUT2D eigenvalue weighted by molar-refractivity contribution is 6.36. The minimum atomic E-state index is -0.737. The van der Waals surface area contributed by atoms with Gasteiger partial charge in [0.1, 0.15) is 6.33 Å². The largest absolute Gasteiger partial charge is 0.462 e. The summed E-state index contributed by atoms with van der Waals surface area (Å²) in [6.07, 6.45) is 1.05. The van der Waals surface area contributed by atoms with Gasteiger partial charge < -0.3 is 10.1 Å². The van der Waals surface area contributed by atoms with Crippen LogP contribution in [0.25, 0.3) is 0 Å². The molecule has 1 amide bonds. The zero-order chi connectivity index (χ0) is 24.0. The zero-order valence-corrected chi connectivity index (χ0v) is 18.5. The van der Waals surface area contributed by atoms with E-state index in [9.17, 15) is 19.7 Å². The number of carbonyl (C=O) groups excluding carboxylic acids is 2. The lowest BCUT2D eigenvalue weighted by Gasteiger charge is -2.13. The molecule has 13 heteroatoms. The molecule has 170 valence electrons. The second kappa shape index (κ2) is 10.6. The minimum Gasteiger partial charge on any atom is -0.462 e. The van der Waals surface area contributed by atoms with Gasteiger partial charge in [0.25, 0.3) is 5.91 Å². The number of anilines is 3. The smallest absolute Gasteiger partial charge is 0.355 e. The van der Waals surface area contributed by atoms with Crippen molar-refractivity contribution in [3.05, 3.63) is 80.1 Å². The number of nitrogens with zero attached hydrogens (tertiary/aromatic N) is 3. The summed E-state index contributed by atoms with van der Waals surface area (Å²) < 4.78 is 5.01. The lowest BCUT2D eigenvalue weighted by molar-refractivity contribution is -0.383. The summed E-state index contributed by atoms with van der Waals surface area (Å²) in [5.41, 5.74) is 4.61. The Hall–Kier alpha value is -3.96. The van der Waals surface area contributed by atoms with Gasteiger partial charge in [0.05, 0.1) is 33.4 Å². The van der Waals surface area contributed by atoms with Crippen molar-refractivity contribution < 1.29 is 19.2 Å². The van der Waals surface area contributed by atoms with Crippen LogP contribution >= 0.6 is 23.2 Å². The molecule has 0 aliphatic heterocycles. The third-order valence-electron chi connectivity index (χ3n) is 4.15. The van der Waals surface area contributed by atoms with Crippen LogP contribution in [0.15, 0.2) is 48.8 Å². The molecule has 0 fully saturated rings. The second-order valence-electron chi connectivity index (χ2n) is 6.27. The quantitative estimate of drug-likeness (QED) is 0.237. The third-order valence-corrected chi connectivity index (χ3v) is 4.70. The van der Waals surface area contributed by atoms with Crippen molar-refractivity contribution in [3.8, 4) is 0 Å². The average molecular weight is 491 g/mol. The Morgan fingerprint density at radius 3 is 2.52 bits per heavy atom. The van der Waals surface area contributed by atoms with Crippen molar-refractivity contribution in [2.45, 2.75) is 6.92 Å². The van der Waals surface area contributed by atoms with Crippen molar-refractivity contribution in [3.63, 3.8) is 0 Å². The topological polar surface area (TPSA) is 148 Å². The molecule has 0 radical (unpaired) electrons. The predicted molar refractivity (Wildman–Crippen MR) is 122 cm³/mol. The van der Waals surface area contributed by atoms with Crippen molar-refractivity contribution in [1.82, 2.24) is 15.4 Å². The standard InChI is InChI=1S/C20H16Cl2N6O5/c1-2-33-20(30)13-5-3-4-6-15(13)25-17-16(28(31)32)18(24-10-23-17)26-27-19(29)12-8-7-11(21)9-14(12)22/h3-10H,2H2,1H3,(H,27,29)(H2,23,24,25,26). The highest BCUT2D eigenvalue weighted by Crippen LogP contribution is 2.32. The fourth-order valence-electron chi connectivity index (χ4n) is 2.70. The van der Waals surface area contributed by atoms with E-state index in [0.717, 1.165) is 6.33 Å². The molecule has 0 aliphatic rings. The monoisotopic (exact) mass is 490 g/mol. The summed E-state index contributed by atoms with van der Waals surface area (Å²) in [6.45, 7) is 1.82. The molecular formula is C20H16Cl2N6O5. The number of hydrazine groups is 1. The number of rotatable bonds is 8. The van der Waals surface area contributed by atoms with Crippen molar-refractivity contribution in [2.24, 2.45) is 0 Å². The van der Waals surface area contributed by atoms with E-state index in [1.165, 1.54) is 30.3 Å². The maximum Gasteiger partial charge on any atom is 0.355 e. The van der Waals surface area contributed by atoms with Crippen LogP contribution in [-0.4, -0.2) is 33.4 Å². The Bertz CT molecular complexity index is 1220. The van der Waals surface area contributed by atoms with Gasteiger partial charge in [0.2, 0.25) is 11.6 Å². The number of amides is 1. The number of hydrogen-bond acceptors (Lipinski definition) is 9. The number of para-hydroxylation sites is 1. The molecule has 2 aromatic carbocycles. The predicted octanol–water partition coefficient (Wildman–Crippen LogP) is 4.37. The number of esters is 1. The van der Waals surface area contributed by atoms with Crippen LogP contribution in [-0.2, 0) is 4.74 Å². The number of halogens is 2. The van der Waals surface area contributed by atoms with Crippen LogP contribution < -0.4 is 16.2 Å². The van der Waals surface area contributed by atoms with E-state index in [-0.39, 0.29) is 40.1 Å². The molecule has 1 aromatic heterocycles. The Morgan fingerprint density at radius 1 is 1.09 bits per heavy atom. The van der Waals surface area contributed by atoms with E-state index in [2.05, 4.69) is 26.1 Å². The van der Waals surface area contributed by atoms with Crippen LogP contribution in [0.1, 0.15) is 27.6 Å². The van der Waals surface area contributed by atoms with Crippen molar-refractivity contribution >= 4 is 58.1 Å². The van der Waals surface area contributed by atoms with Gasteiger partial charge in [-0.05, 0) is 37.3 Å². The number of benzene rings is 2. The van der Waals surface area contributed by atoms with Crippen LogP contribution in [0.4, 0.5) is 23.0 Å². The van der Waals surface area contributed by atoms with E-state index in [1.54, 1.807) is 19.1 Å². The minimum absolute atomic E-state index is 0.0898. The fraction of sp³-hybridized carbons (Fsp3) is 0.100. The van der Waals surface area contributed by atoms with Gasteiger partial charge in [-0.3, -0.25) is 25.8 Å². The first-order chi connectivity index (χ1) is 15.8. The zero-order valence-electron chi connectivity index (χ0n) is 17.0. The van der Waals surface area contributed by atoms with Gasteiger partial charge in [0.15, 0.2) is 0 Å². The lowest BCUT2D eigenvalue weighted by Crippen LogP contribution is -2.30. The van der Waals surface area contributed by atoms with Crippen LogP contribution in [0.2, 0.25) is 10.0 Å². The molecule has 3 N–H and O–H groups in total. The van der Waals surface area contributed by atoms with E-state index < -0.39 is 22.5 Å². The van der Waals surface area contributed by atoms with Gasteiger partial charge in [-0.2, -0.15) is 0 Å². The lowest BCUT2D eigenvalue weighted by atomic mass is 10.2. The summed E-state index contributed by atoms with van der Waals surface area (Å²) in [6, 6.07) is 10.5. The molecule has 3 rings (SSSR count). The van der Waals surface area contributed by atoms with E-state index in [4.69, 9.17) is 27.9 Å². The Balaban J connectivity index is 1.87. The Morgan fingerprint density at radius 2 is 1.82 bits per heavy atom. The summed E-state index contributed by atoms with van der Waals surface area (Å²) in [5, 5.41) is 15.0. The number of ether oxygens (including phenoxy) is 1. The molecule has 0 saturated heterocycles. The number of carbonyl (C=O) groups is 2. The molecule has 0 unspecified atom stereocenters. The van der Waals surface area contributed by atoms with Crippen LogP contribution in [0.5, 0.6) is 0 Å². The maximum absolute atomic E-state index is 12.4. The van der Waals surface area contributed by atoms with Gasteiger partial charge in [-0.25, -0.2) is 14.8 Å². The second-order valence-corrected chi connectivity index (χ2v) is 7.11. The first-order valence-corrected chi connectivity index (χ1v) is 10.1. The van der Waals surface area contributed by atoms with Crippen molar-refractivity contribution in [2.75, 3.05) is 17.3 Å². The van der Waals surface area contributed by atoms with Crippen LogP contribution in [0, 0.1) is 10.1 Å². The maximum atomic E-state index is 12.4. The highest BCUT2D eigenvalue weighted by Gasteiger charge is 2.25. The summed E-state index contributed by atoms with van der Waals surface area (Å²) >= 11 is 11.8. The summed E-state index contributed by atoms with van der Waals surface area (Å²) in [5.74, 6) is -1.80. The number of nitrogens with one attached hydrogen (secondary N) is 3. The van der Waals surface area contributed by atoms with Gasteiger partial charge in [-0.1, -0.05) is 35.3 Å². The SMILES string of the molecule is CCOC(=O)c1ccccc1Nc1ncnc(NNC(=O)c2ccc(Cl)cc2Cl)c1[N+](=O)[O-]. The highest BCUT2D eigenvalue weighted by atomic mass is 35.5. The molecule has 33 heavy (non-hydrogen) atoms. The van der Waals surface area contributed by atoms with E-state index >= 15 is 0 Å². The average Bonchev–Trinajstić information content (AvgIpc) is 2.78. The van der Waals surface area contributed by atoms with Crippen LogP contribution in [0.3, 0.4) is 0 Å². The van der Waals surface area contributed by atoms with Crippen molar-refractivity contribution in [1.29, 1.82) is 0 Å². The fourth-order valence-corrected chi connectivity index (χ4v) is 3.19. The molecule has 1 heterocycles. The van der Waals surface area contributed by atoms with Gasteiger partial charge >= 0.3 is 11.7 Å². The first kappa shape index (κ1) is 23.7. The normalized spacial score (nSPS) is 10.3. The van der Waals surface area contributed by atoms with Gasteiger partial charge in [-0.15, -0.1) is 0 Å². The molecule has 11 nitrogen and oxygen atoms in total. The molecule has 0 aliphatic carbocycles. The summed E-state index contributed by atoms with van der Waals surface area (Å²) in [4.78, 5) is 43.4. The van der Waals surface area contributed by atoms with E-state index in [1.807, 2.05) is 0 Å². The molecule has 0 saturated carbocycles. The number of aromatic nitrogens is 2. The molecule has 0 bridgehead atoms. The summed E-state index contributed by atoms with van der Waals surface area (Å²) in [7, 11) is 0. The molecular weight excluding hydrogens is 475 g/mol. The van der Waals surface area contributed by atoms with Gasteiger partial charge in [0, 0.05) is 5.02 Å².